The third-order valence-corrected chi connectivity index (χ3v) is 15.2. The quantitative estimate of drug-likeness (QED) is 0.220. The SMILES string of the molecule is CC(C)C(=O)N1CCCC12C(=O)N(C(c1ncccn1)[C@@H](C)O)C2C.CC(C)C(=O)N1CCCC12CN(C(c1ncccn1)[C@@H](C)O)C2=O.CC(C)C(=O)N1CCCC12CN(C(c1nnco1)[C@@H](C)O)C2=O. The van der Waals surface area contributed by atoms with Gasteiger partial charge in [-0.05, 0) is 78.4 Å². The van der Waals surface area contributed by atoms with E-state index in [1.165, 1.54) is 11.3 Å². The second-order valence-electron chi connectivity index (χ2n) is 21.0. The number of aromatic nitrogens is 6. The summed E-state index contributed by atoms with van der Waals surface area (Å²) in [6.45, 7) is 20.6. The van der Waals surface area contributed by atoms with E-state index < -0.39 is 53.1 Å². The van der Waals surface area contributed by atoms with Crippen molar-refractivity contribution < 1.29 is 48.5 Å². The minimum atomic E-state index is -0.840. The van der Waals surface area contributed by atoms with Gasteiger partial charge in [0.25, 0.3) is 17.7 Å². The molecule has 0 radical (unpaired) electrons. The van der Waals surface area contributed by atoms with Crippen molar-refractivity contribution in [2.75, 3.05) is 32.7 Å². The van der Waals surface area contributed by atoms with E-state index >= 15 is 0 Å². The fourth-order valence-electron chi connectivity index (χ4n) is 11.7. The summed E-state index contributed by atoms with van der Waals surface area (Å²) >= 11 is 0. The van der Waals surface area contributed by atoms with Crippen molar-refractivity contribution in [3.8, 4) is 0 Å². The van der Waals surface area contributed by atoms with Crippen LogP contribution in [0.5, 0.6) is 0 Å². The van der Waals surface area contributed by atoms with Gasteiger partial charge in [-0.15, -0.1) is 10.2 Å². The minimum Gasteiger partial charge on any atom is -0.426 e. The van der Waals surface area contributed by atoms with Gasteiger partial charge in [-0.3, -0.25) is 28.8 Å². The smallest absolute Gasteiger partial charge is 0.251 e. The topological polar surface area (TPSA) is 273 Å². The Morgan fingerprint density at radius 1 is 0.583 bits per heavy atom. The van der Waals surface area contributed by atoms with Crippen molar-refractivity contribution in [2.45, 2.75) is 167 Å². The van der Waals surface area contributed by atoms with E-state index in [1.807, 2.05) is 48.5 Å². The second-order valence-corrected chi connectivity index (χ2v) is 21.0. The first kappa shape index (κ1) is 53.8. The number of rotatable bonds is 12. The van der Waals surface area contributed by atoms with Crippen molar-refractivity contribution in [3.05, 3.63) is 60.9 Å². The summed E-state index contributed by atoms with van der Waals surface area (Å²) in [7, 11) is 0. The molecule has 3 aromatic rings. The number of aliphatic hydroxyl groups excluding tert-OH is 3. The number of aliphatic hydroxyl groups is 3. The second kappa shape index (κ2) is 21.2. The molecular weight excluding hydrogens is 929 g/mol. The molecule has 10 atom stereocenters. The van der Waals surface area contributed by atoms with Crippen LogP contribution in [0.15, 0.2) is 47.7 Å². The molecule has 6 aliphatic heterocycles. The monoisotopic (exact) mass is 1000 g/mol. The number of hydrogen-bond donors (Lipinski definition) is 3. The maximum absolute atomic E-state index is 13.2. The summed E-state index contributed by atoms with van der Waals surface area (Å²) in [6, 6.07) is 1.35. The molecule has 7 unspecified atom stereocenters. The molecule has 6 amide bonds. The predicted octanol–water partition coefficient (Wildman–Crippen LogP) is 2.26. The molecule has 22 nitrogen and oxygen atoms in total. The molecule has 3 N–H and O–H groups in total. The van der Waals surface area contributed by atoms with Gasteiger partial charge in [0.05, 0.1) is 37.4 Å². The normalized spacial score (nSPS) is 27.1. The van der Waals surface area contributed by atoms with Gasteiger partial charge in [-0.2, -0.15) is 0 Å². The number of carbonyl (C=O) groups excluding carboxylic acids is 6. The highest BCUT2D eigenvalue weighted by atomic mass is 16.4. The Morgan fingerprint density at radius 3 is 1.38 bits per heavy atom. The van der Waals surface area contributed by atoms with E-state index in [9.17, 15) is 44.1 Å². The highest BCUT2D eigenvalue weighted by Gasteiger charge is 2.67. The Labute approximate surface area is 420 Å². The Bertz CT molecular complexity index is 2430. The zero-order valence-corrected chi connectivity index (χ0v) is 43.2. The van der Waals surface area contributed by atoms with Gasteiger partial charge in [0.2, 0.25) is 30.0 Å². The molecular formula is C50H72N12O10. The molecule has 6 saturated heterocycles. The number of nitrogens with zero attached hydrogens (tertiary/aromatic N) is 12. The van der Waals surface area contributed by atoms with Crippen LogP contribution in [0.25, 0.3) is 0 Å². The van der Waals surface area contributed by atoms with Gasteiger partial charge >= 0.3 is 0 Å². The minimum absolute atomic E-state index is 0.00175. The highest BCUT2D eigenvalue weighted by molar-refractivity contribution is 6.00. The summed E-state index contributed by atoms with van der Waals surface area (Å²) in [5.74, 6) is 0.320. The first-order chi connectivity index (χ1) is 34.1. The predicted molar refractivity (Wildman–Crippen MR) is 257 cm³/mol. The lowest BCUT2D eigenvalue weighted by Crippen LogP contribution is -2.79. The van der Waals surface area contributed by atoms with Crippen LogP contribution in [0, 0.1) is 17.8 Å². The van der Waals surface area contributed by atoms with Crippen molar-refractivity contribution in [1.29, 1.82) is 0 Å². The molecule has 6 aliphatic rings. The van der Waals surface area contributed by atoms with Gasteiger partial charge in [0, 0.05) is 62.2 Å². The van der Waals surface area contributed by atoms with E-state index in [1.54, 1.807) is 82.2 Å². The average Bonchev–Trinajstić information content (AvgIpc) is 4.21. The molecule has 0 bridgehead atoms. The van der Waals surface area contributed by atoms with Crippen molar-refractivity contribution in [1.82, 2.24) is 59.5 Å². The fraction of sp³-hybridized carbons (Fsp3) is 0.680. The largest absolute Gasteiger partial charge is 0.426 e. The number of hydrogen-bond acceptors (Lipinski definition) is 16. The Hall–Kier alpha value is -6.00. The Balaban J connectivity index is 0.000000159. The average molecular weight is 1000 g/mol. The zero-order chi connectivity index (χ0) is 52.6. The molecule has 0 aliphatic carbocycles. The highest BCUT2D eigenvalue weighted by Crippen LogP contribution is 2.49. The van der Waals surface area contributed by atoms with Crippen LogP contribution in [0.3, 0.4) is 0 Å². The first-order valence-electron chi connectivity index (χ1n) is 25.3. The summed E-state index contributed by atoms with van der Waals surface area (Å²) in [6.07, 6.45) is 9.64. The Kier molecular flexibility index (Phi) is 15.9. The number of likely N-dealkylation sites (tertiary alicyclic amines) is 6. The summed E-state index contributed by atoms with van der Waals surface area (Å²) < 4.78 is 5.17. The molecule has 9 rings (SSSR count). The van der Waals surface area contributed by atoms with Crippen molar-refractivity contribution in [2.24, 2.45) is 17.8 Å². The lowest BCUT2D eigenvalue weighted by molar-refractivity contribution is -0.187. The van der Waals surface area contributed by atoms with Gasteiger partial charge < -0.3 is 49.1 Å². The molecule has 6 fully saturated rings. The number of amides is 6. The molecule has 392 valence electrons. The number of β-lactam (4-membered cyclic amide) rings is 3. The first-order valence-corrected chi connectivity index (χ1v) is 25.3. The molecule has 72 heavy (non-hydrogen) atoms. The molecule has 0 saturated carbocycles. The lowest BCUT2D eigenvalue weighted by atomic mass is 9.75. The van der Waals surface area contributed by atoms with Crippen molar-refractivity contribution >= 4 is 35.4 Å². The third-order valence-electron chi connectivity index (χ3n) is 15.2. The van der Waals surface area contributed by atoms with E-state index in [4.69, 9.17) is 4.42 Å². The number of carbonyl (C=O) groups is 6. The standard InChI is InChI=1S/C18H26N4O3.C17H24N4O3.C15H22N4O4/c1-11(2)16(24)21-10-5-7-18(21)13(4)22(17(18)25)14(12(3)23)15-19-8-6-9-20-15;1-11(2)15(23)21-9-4-6-17(21)10-20(16(17)24)13(12(3)22)14-18-7-5-8-19-14;1-9(2)13(21)19-6-4-5-15(19)7-18(14(15)22)11(10(3)20)12-17-16-8-23-12/h6,8-9,11-14,23H,5,7,10H2,1-4H3;5,7-8,11-13,22H,4,6,9-10H2,1-3H3;8-11,20H,4-7H2,1-3H3/t12-,13?,14?,18?;12-,13?,17?;10-,11?,15?/m111/s1. The van der Waals surface area contributed by atoms with Gasteiger partial charge in [0.1, 0.15) is 34.7 Å². The summed E-state index contributed by atoms with van der Waals surface area (Å²) in [5, 5.41) is 37.9. The Morgan fingerprint density at radius 2 is 0.986 bits per heavy atom. The van der Waals surface area contributed by atoms with Crippen LogP contribution < -0.4 is 0 Å². The van der Waals surface area contributed by atoms with Crippen LogP contribution in [0.4, 0.5) is 0 Å². The van der Waals surface area contributed by atoms with Gasteiger partial charge in [0.15, 0.2) is 11.6 Å². The maximum Gasteiger partial charge on any atom is 0.251 e. The molecule has 3 spiro atoms. The van der Waals surface area contributed by atoms with Crippen LogP contribution in [-0.2, 0) is 28.8 Å². The van der Waals surface area contributed by atoms with E-state index in [-0.39, 0.29) is 65.1 Å². The lowest BCUT2D eigenvalue weighted by Gasteiger charge is -2.59. The van der Waals surface area contributed by atoms with E-state index in [0.717, 1.165) is 19.3 Å². The van der Waals surface area contributed by atoms with Crippen LogP contribution in [-0.4, -0.2) is 184 Å². The molecule has 3 aromatic heterocycles. The van der Waals surface area contributed by atoms with Crippen LogP contribution >= 0.6 is 0 Å². The maximum atomic E-state index is 13.2. The van der Waals surface area contributed by atoms with Gasteiger partial charge in [-0.1, -0.05) is 41.5 Å². The van der Waals surface area contributed by atoms with Crippen LogP contribution in [0.2, 0.25) is 0 Å². The third kappa shape index (κ3) is 9.22. The molecule has 0 aromatic carbocycles. The summed E-state index contributed by atoms with van der Waals surface area (Å²) in [5.41, 5.74) is -2.26. The summed E-state index contributed by atoms with van der Waals surface area (Å²) in [4.78, 5) is 103. The zero-order valence-electron chi connectivity index (χ0n) is 43.2. The van der Waals surface area contributed by atoms with E-state index in [2.05, 4.69) is 30.1 Å². The van der Waals surface area contributed by atoms with Crippen LogP contribution in [0.1, 0.15) is 143 Å². The fourth-order valence-corrected chi connectivity index (χ4v) is 11.7. The van der Waals surface area contributed by atoms with Crippen molar-refractivity contribution in [3.63, 3.8) is 0 Å². The molecule has 22 heteroatoms. The van der Waals surface area contributed by atoms with E-state index in [0.29, 0.717) is 63.6 Å². The molecule has 9 heterocycles. The van der Waals surface area contributed by atoms with Gasteiger partial charge in [-0.25, -0.2) is 19.9 Å².